The second-order valence-corrected chi connectivity index (χ2v) is 6.39. The molecule has 0 unspecified atom stereocenters. The Kier molecular flexibility index (Phi) is 4.73. The Morgan fingerprint density at radius 3 is 2.62 bits per heavy atom. The van der Waals surface area contributed by atoms with Gasteiger partial charge in [0.05, 0.1) is 6.04 Å². The number of piperidine rings is 1. The summed E-state index contributed by atoms with van der Waals surface area (Å²) < 4.78 is 32.0. The van der Waals surface area contributed by atoms with Gasteiger partial charge in [0.2, 0.25) is 5.91 Å². The van der Waals surface area contributed by atoms with Crippen molar-refractivity contribution in [2.45, 2.75) is 30.9 Å². The Labute approximate surface area is 142 Å². The number of amides is 2. The van der Waals surface area contributed by atoms with Gasteiger partial charge < -0.3 is 15.0 Å². The number of hydrogen-bond donors (Lipinski definition) is 1. The van der Waals surface area contributed by atoms with Gasteiger partial charge >= 0.3 is 0 Å². The van der Waals surface area contributed by atoms with Crippen molar-refractivity contribution >= 4 is 23.4 Å². The van der Waals surface area contributed by atoms with E-state index < -0.39 is 24.0 Å². The lowest BCUT2D eigenvalue weighted by molar-refractivity contribution is -0.159. The Bertz CT molecular complexity index is 646. The van der Waals surface area contributed by atoms with Gasteiger partial charge in [-0.2, -0.15) is 0 Å². The number of likely N-dealkylation sites (tertiary alicyclic amines) is 1. The van der Waals surface area contributed by atoms with E-state index in [1.165, 1.54) is 4.90 Å². The molecule has 0 spiro atoms. The third-order valence-corrected chi connectivity index (χ3v) is 4.65. The second-order valence-electron chi connectivity index (χ2n) is 5.98. The zero-order chi connectivity index (χ0) is 17.3. The molecule has 3 rings (SSSR count). The van der Waals surface area contributed by atoms with Gasteiger partial charge in [0.25, 0.3) is 11.8 Å². The molecule has 2 aliphatic heterocycles. The largest absolute Gasteiger partial charge is 0.356 e. The van der Waals surface area contributed by atoms with E-state index in [1.54, 1.807) is 24.3 Å². The highest BCUT2D eigenvalue weighted by Crippen LogP contribution is 2.32. The van der Waals surface area contributed by atoms with Crippen molar-refractivity contribution in [1.82, 2.24) is 10.2 Å². The van der Waals surface area contributed by atoms with Crippen LogP contribution in [0.2, 0.25) is 5.02 Å². The molecule has 0 saturated carbocycles. The molecule has 2 heterocycles. The average Bonchev–Trinajstić information content (AvgIpc) is 2.54. The van der Waals surface area contributed by atoms with Gasteiger partial charge in [-0.05, 0) is 11.6 Å². The van der Waals surface area contributed by atoms with Crippen molar-refractivity contribution in [2.24, 2.45) is 0 Å². The molecule has 2 atom stereocenters. The van der Waals surface area contributed by atoms with Crippen LogP contribution in [0, 0.1) is 0 Å². The maximum Gasteiger partial charge on any atom is 0.254 e. The first kappa shape index (κ1) is 17.1. The fraction of sp³-hybridized carbons (Fsp3) is 0.500. The number of ether oxygens (including phenoxy) is 1. The number of nitrogens with zero attached hydrogens (tertiary/aromatic N) is 1. The molecular weight excluding hydrogens is 342 g/mol. The first-order valence-corrected chi connectivity index (χ1v) is 8.07. The molecule has 5 nitrogen and oxygen atoms in total. The summed E-state index contributed by atoms with van der Waals surface area (Å²) in [5, 5.41) is 3.12. The first-order chi connectivity index (χ1) is 11.4. The summed E-state index contributed by atoms with van der Waals surface area (Å²) in [5.74, 6) is -3.50. The zero-order valence-corrected chi connectivity index (χ0v) is 13.6. The molecule has 1 N–H and O–H groups in total. The van der Waals surface area contributed by atoms with E-state index in [0.717, 1.165) is 0 Å². The summed E-state index contributed by atoms with van der Waals surface area (Å²) in [7, 11) is 0. The summed E-state index contributed by atoms with van der Waals surface area (Å²) in [6, 6.07) is 6.09. The van der Waals surface area contributed by atoms with Crippen LogP contribution in [0.15, 0.2) is 24.3 Å². The van der Waals surface area contributed by atoms with Crippen LogP contribution in [0.4, 0.5) is 8.78 Å². The molecule has 130 valence electrons. The van der Waals surface area contributed by atoms with E-state index >= 15 is 0 Å². The predicted molar refractivity (Wildman–Crippen MR) is 82.8 cm³/mol. The fourth-order valence-electron chi connectivity index (χ4n) is 2.97. The van der Waals surface area contributed by atoms with Gasteiger partial charge in [-0.15, -0.1) is 0 Å². The van der Waals surface area contributed by atoms with Crippen molar-refractivity contribution in [3.05, 3.63) is 34.9 Å². The van der Waals surface area contributed by atoms with E-state index in [1.807, 2.05) is 0 Å². The minimum Gasteiger partial charge on any atom is -0.356 e. The molecule has 0 radical (unpaired) electrons. The molecule has 8 heteroatoms. The molecule has 24 heavy (non-hydrogen) atoms. The zero-order valence-electron chi connectivity index (χ0n) is 12.8. The first-order valence-electron chi connectivity index (χ1n) is 7.69. The number of halogens is 3. The van der Waals surface area contributed by atoms with Crippen LogP contribution in [0.5, 0.6) is 0 Å². The molecule has 2 saturated heterocycles. The quantitative estimate of drug-likeness (QED) is 0.881. The lowest BCUT2D eigenvalue weighted by Gasteiger charge is -2.38. The Balaban J connectivity index is 1.80. The summed E-state index contributed by atoms with van der Waals surface area (Å²) in [6.07, 6.45) is -1.71. The summed E-state index contributed by atoms with van der Waals surface area (Å²) in [4.78, 5) is 25.8. The van der Waals surface area contributed by atoms with Crippen molar-refractivity contribution in [3.8, 4) is 0 Å². The lowest BCUT2D eigenvalue weighted by Crippen LogP contribution is -2.55. The van der Waals surface area contributed by atoms with Crippen molar-refractivity contribution in [1.29, 1.82) is 0 Å². The highest BCUT2D eigenvalue weighted by molar-refractivity contribution is 6.31. The highest BCUT2D eigenvalue weighted by Gasteiger charge is 2.42. The summed E-state index contributed by atoms with van der Waals surface area (Å²) >= 11 is 6.17. The molecule has 2 amide bonds. The van der Waals surface area contributed by atoms with Crippen LogP contribution >= 0.6 is 11.6 Å². The number of rotatable bonds is 2. The van der Waals surface area contributed by atoms with Crippen LogP contribution in [-0.4, -0.2) is 48.4 Å². The number of nitrogens with one attached hydrogen (secondary N) is 1. The third-order valence-electron chi connectivity index (χ3n) is 4.30. The van der Waals surface area contributed by atoms with Crippen LogP contribution < -0.4 is 5.32 Å². The smallest absolute Gasteiger partial charge is 0.254 e. The van der Waals surface area contributed by atoms with Gasteiger partial charge in [-0.3, -0.25) is 9.59 Å². The number of morpholine rings is 1. The van der Waals surface area contributed by atoms with E-state index in [9.17, 15) is 18.4 Å². The van der Waals surface area contributed by atoms with E-state index in [-0.39, 0.29) is 38.4 Å². The molecule has 2 aliphatic rings. The second kappa shape index (κ2) is 6.64. The standard InChI is InChI=1S/C16H17ClF2N2O3/c17-11-4-2-1-3-10(11)13-14(24-9-12(22)20-13)15(23)21-7-5-16(18,19)6-8-21/h1-4,13-14H,5-9H2,(H,20,22)/t13-,14+/m1/s1. The minimum atomic E-state index is -2.74. The molecule has 1 aromatic carbocycles. The summed E-state index contributed by atoms with van der Waals surface area (Å²) in [6.45, 7) is -0.314. The van der Waals surface area contributed by atoms with Crippen molar-refractivity contribution in [2.75, 3.05) is 19.7 Å². The Hall–Kier alpha value is -1.73. The third kappa shape index (κ3) is 3.52. The van der Waals surface area contributed by atoms with Crippen LogP contribution in [0.1, 0.15) is 24.4 Å². The molecule has 0 aromatic heterocycles. The topological polar surface area (TPSA) is 58.6 Å². The minimum absolute atomic E-state index is 0.0329. The normalized spacial score (nSPS) is 26.8. The van der Waals surface area contributed by atoms with Gasteiger partial charge in [0.15, 0.2) is 6.10 Å². The number of carbonyl (C=O) groups is 2. The maximum atomic E-state index is 13.3. The number of carbonyl (C=O) groups excluding carboxylic acids is 2. The molecule has 2 fully saturated rings. The van der Waals surface area contributed by atoms with Crippen LogP contribution in [0.3, 0.4) is 0 Å². The van der Waals surface area contributed by atoms with Crippen LogP contribution in [-0.2, 0) is 14.3 Å². The SMILES string of the molecule is O=C1CO[C@H](C(=O)N2CCC(F)(F)CC2)[C@@H](c2ccccc2Cl)N1. The summed E-state index contributed by atoms with van der Waals surface area (Å²) in [5.41, 5.74) is 0.563. The van der Waals surface area contributed by atoms with E-state index in [2.05, 4.69) is 5.32 Å². The van der Waals surface area contributed by atoms with Gasteiger partial charge in [0, 0.05) is 31.0 Å². The molecule has 1 aromatic rings. The number of benzene rings is 1. The lowest BCUT2D eigenvalue weighted by atomic mass is 9.97. The Morgan fingerprint density at radius 2 is 1.96 bits per heavy atom. The van der Waals surface area contributed by atoms with Gasteiger partial charge in [0.1, 0.15) is 6.61 Å². The highest BCUT2D eigenvalue weighted by atomic mass is 35.5. The molecular formula is C16H17ClF2N2O3. The van der Waals surface area contributed by atoms with Crippen LogP contribution in [0.25, 0.3) is 0 Å². The van der Waals surface area contributed by atoms with Crippen molar-refractivity contribution < 1.29 is 23.1 Å². The van der Waals surface area contributed by atoms with E-state index in [0.29, 0.717) is 10.6 Å². The Morgan fingerprint density at radius 1 is 1.29 bits per heavy atom. The molecule has 0 bridgehead atoms. The maximum absolute atomic E-state index is 13.3. The van der Waals surface area contributed by atoms with Crippen molar-refractivity contribution in [3.63, 3.8) is 0 Å². The van der Waals surface area contributed by atoms with Gasteiger partial charge in [-0.1, -0.05) is 29.8 Å². The fourth-order valence-corrected chi connectivity index (χ4v) is 3.22. The number of hydrogen-bond acceptors (Lipinski definition) is 3. The van der Waals surface area contributed by atoms with E-state index in [4.69, 9.17) is 16.3 Å². The predicted octanol–water partition coefficient (Wildman–Crippen LogP) is 2.15. The van der Waals surface area contributed by atoms with Gasteiger partial charge in [-0.25, -0.2) is 8.78 Å². The number of alkyl halides is 2. The monoisotopic (exact) mass is 358 g/mol. The average molecular weight is 359 g/mol. The molecule has 0 aliphatic carbocycles.